The van der Waals surface area contributed by atoms with Crippen LogP contribution in [0.2, 0.25) is 0 Å². The summed E-state index contributed by atoms with van der Waals surface area (Å²) in [6.07, 6.45) is 0. The second-order valence-corrected chi connectivity index (χ2v) is 4.74. The van der Waals surface area contributed by atoms with Gasteiger partial charge >= 0.3 is 5.97 Å². The summed E-state index contributed by atoms with van der Waals surface area (Å²) < 4.78 is 17.7. The molecular formula is C16H13FN2O5. The van der Waals surface area contributed by atoms with E-state index in [1.54, 1.807) is 7.05 Å². The largest absolute Gasteiger partial charge is 0.454 e. The molecule has 0 fully saturated rings. The summed E-state index contributed by atoms with van der Waals surface area (Å²) in [5, 5.41) is 13.5. The molecule has 124 valence electrons. The average molecular weight is 332 g/mol. The Labute approximate surface area is 136 Å². The number of anilines is 1. The van der Waals surface area contributed by atoms with Crippen LogP contribution in [-0.2, 0) is 4.74 Å². The van der Waals surface area contributed by atoms with Crippen LogP contribution in [0.4, 0.5) is 15.8 Å². The minimum absolute atomic E-state index is 0.0568. The molecule has 24 heavy (non-hydrogen) atoms. The van der Waals surface area contributed by atoms with Crippen molar-refractivity contribution in [1.29, 1.82) is 0 Å². The molecule has 0 aliphatic carbocycles. The second kappa shape index (κ2) is 7.32. The van der Waals surface area contributed by atoms with Gasteiger partial charge in [0.25, 0.3) is 5.69 Å². The normalized spacial score (nSPS) is 10.1. The van der Waals surface area contributed by atoms with Crippen molar-refractivity contribution in [2.75, 3.05) is 19.0 Å². The van der Waals surface area contributed by atoms with Gasteiger partial charge < -0.3 is 10.1 Å². The molecule has 0 unspecified atom stereocenters. The van der Waals surface area contributed by atoms with Crippen molar-refractivity contribution in [3.63, 3.8) is 0 Å². The van der Waals surface area contributed by atoms with Crippen LogP contribution in [0.3, 0.4) is 0 Å². The number of benzene rings is 2. The topological polar surface area (TPSA) is 98.5 Å². The van der Waals surface area contributed by atoms with Gasteiger partial charge in [0.2, 0.25) is 0 Å². The van der Waals surface area contributed by atoms with E-state index in [9.17, 15) is 24.1 Å². The van der Waals surface area contributed by atoms with Gasteiger partial charge in [0, 0.05) is 30.4 Å². The summed E-state index contributed by atoms with van der Waals surface area (Å²) in [5.74, 6) is -1.88. The minimum atomic E-state index is -0.876. The zero-order valence-corrected chi connectivity index (χ0v) is 12.6. The van der Waals surface area contributed by atoms with Crippen LogP contribution < -0.4 is 5.32 Å². The smallest absolute Gasteiger partial charge is 0.340 e. The van der Waals surface area contributed by atoms with Crippen LogP contribution in [-0.4, -0.2) is 30.3 Å². The number of rotatable bonds is 6. The van der Waals surface area contributed by atoms with Crippen LogP contribution in [0.15, 0.2) is 42.5 Å². The Morgan fingerprint density at radius 1 is 1.21 bits per heavy atom. The van der Waals surface area contributed by atoms with Gasteiger partial charge in [-0.05, 0) is 30.3 Å². The van der Waals surface area contributed by atoms with Crippen LogP contribution in [0.25, 0.3) is 0 Å². The first-order chi connectivity index (χ1) is 11.4. The summed E-state index contributed by atoms with van der Waals surface area (Å²) in [7, 11) is 1.54. The van der Waals surface area contributed by atoms with Gasteiger partial charge in [0.15, 0.2) is 12.4 Å². The molecule has 2 aromatic carbocycles. The lowest BCUT2D eigenvalue weighted by Crippen LogP contribution is -2.15. The number of non-ortho nitro benzene ring substituents is 1. The van der Waals surface area contributed by atoms with Crippen molar-refractivity contribution in [3.05, 3.63) is 69.5 Å². The van der Waals surface area contributed by atoms with Crippen molar-refractivity contribution >= 4 is 23.1 Å². The molecular weight excluding hydrogens is 319 g/mol. The molecule has 8 heteroatoms. The van der Waals surface area contributed by atoms with E-state index in [1.165, 1.54) is 24.3 Å². The SMILES string of the molecule is CNc1ccc([N+](=O)[O-])cc1C(=O)OCC(=O)c1ccc(F)cc1. The summed E-state index contributed by atoms with van der Waals surface area (Å²) in [5.41, 5.74) is 0.196. The number of carbonyl (C=O) groups is 2. The van der Waals surface area contributed by atoms with E-state index in [1.807, 2.05) is 0 Å². The van der Waals surface area contributed by atoms with Gasteiger partial charge in [0.1, 0.15) is 5.82 Å². The number of hydrogen-bond acceptors (Lipinski definition) is 6. The van der Waals surface area contributed by atoms with Crippen molar-refractivity contribution < 1.29 is 23.6 Å². The minimum Gasteiger partial charge on any atom is -0.454 e. The van der Waals surface area contributed by atoms with E-state index >= 15 is 0 Å². The number of nitro groups is 1. The van der Waals surface area contributed by atoms with Crippen LogP contribution in [0, 0.1) is 15.9 Å². The van der Waals surface area contributed by atoms with E-state index < -0.39 is 29.1 Å². The highest BCUT2D eigenvalue weighted by Gasteiger charge is 2.19. The molecule has 0 aliphatic heterocycles. The molecule has 0 saturated carbocycles. The van der Waals surface area contributed by atoms with Gasteiger partial charge in [-0.2, -0.15) is 0 Å². The van der Waals surface area contributed by atoms with Gasteiger partial charge in [-0.15, -0.1) is 0 Å². The molecule has 7 nitrogen and oxygen atoms in total. The highest BCUT2D eigenvalue weighted by molar-refractivity contribution is 6.01. The van der Waals surface area contributed by atoms with E-state index in [-0.39, 0.29) is 16.8 Å². The number of Topliss-reactive ketones (excluding diaryl/α,β-unsaturated/α-hetero) is 1. The number of ketones is 1. The van der Waals surface area contributed by atoms with E-state index in [4.69, 9.17) is 4.74 Å². The van der Waals surface area contributed by atoms with Crippen molar-refractivity contribution in [1.82, 2.24) is 0 Å². The number of carbonyl (C=O) groups excluding carboxylic acids is 2. The Kier molecular flexibility index (Phi) is 5.20. The lowest BCUT2D eigenvalue weighted by atomic mass is 10.1. The maximum absolute atomic E-state index is 12.8. The molecule has 0 aromatic heterocycles. The molecule has 0 aliphatic rings. The molecule has 0 spiro atoms. The van der Waals surface area contributed by atoms with E-state index in [2.05, 4.69) is 5.32 Å². The Morgan fingerprint density at radius 3 is 2.46 bits per heavy atom. The summed E-state index contributed by atoms with van der Waals surface area (Å²) in [6.45, 7) is -0.559. The lowest BCUT2D eigenvalue weighted by molar-refractivity contribution is -0.384. The molecule has 0 amide bonds. The Hall–Kier alpha value is -3.29. The molecule has 0 bridgehead atoms. The zero-order chi connectivity index (χ0) is 17.7. The summed E-state index contributed by atoms with van der Waals surface area (Å²) >= 11 is 0. The van der Waals surface area contributed by atoms with Gasteiger partial charge in [-0.3, -0.25) is 14.9 Å². The number of esters is 1. The quantitative estimate of drug-likeness (QED) is 0.378. The number of hydrogen-bond donors (Lipinski definition) is 1. The monoisotopic (exact) mass is 332 g/mol. The van der Waals surface area contributed by atoms with Crippen molar-refractivity contribution in [2.45, 2.75) is 0 Å². The van der Waals surface area contributed by atoms with Gasteiger partial charge in [0.05, 0.1) is 10.5 Å². The first-order valence-electron chi connectivity index (χ1n) is 6.84. The van der Waals surface area contributed by atoms with Gasteiger partial charge in [-0.25, -0.2) is 9.18 Å². The number of ether oxygens (including phenoxy) is 1. The fourth-order valence-electron chi connectivity index (χ4n) is 1.96. The highest BCUT2D eigenvalue weighted by Crippen LogP contribution is 2.22. The third kappa shape index (κ3) is 3.92. The Bertz CT molecular complexity index is 790. The number of nitro benzene ring substituents is 1. The predicted octanol–water partition coefficient (Wildman–Crippen LogP) is 2.82. The summed E-state index contributed by atoms with van der Waals surface area (Å²) in [6, 6.07) is 8.47. The number of nitrogens with one attached hydrogen (secondary N) is 1. The van der Waals surface area contributed by atoms with Crippen molar-refractivity contribution in [2.24, 2.45) is 0 Å². The Balaban J connectivity index is 2.11. The van der Waals surface area contributed by atoms with Crippen molar-refractivity contribution in [3.8, 4) is 0 Å². The van der Waals surface area contributed by atoms with E-state index in [0.29, 0.717) is 5.69 Å². The maximum atomic E-state index is 12.8. The molecule has 0 atom stereocenters. The number of nitrogens with zero attached hydrogens (tertiary/aromatic N) is 1. The molecule has 2 rings (SSSR count). The van der Waals surface area contributed by atoms with Crippen LogP contribution in [0.1, 0.15) is 20.7 Å². The maximum Gasteiger partial charge on any atom is 0.340 e. The predicted molar refractivity (Wildman–Crippen MR) is 83.7 cm³/mol. The molecule has 0 saturated heterocycles. The third-order valence-corrected chi connectivity index (χ3v) is 3.20. The molecule has 0 radical (unpaired) electrons. The van der Waals surface area contributed by atoms with E-state index in [0.717, 1.165) is 18.2 Å². The van der Waals surface area contributed by atoms with Crippen LogP contribution in [0.5, 0.6) is 0 Å². The summed E-state index contributed by atoms with van der Waals surface area (Å²) in [4.78, 5) is 34.2. The highest BCUT2D eigenvalue weighted by atomic mass is 19.1. The molecule has 1 N–H and O–H groups in total. The lowest BCUT2D eigenvalue weighted by Gasteiger charge is -2.09. The molecule has 2 aromatic rings. The third-order valence-electron chi connectivity index (χ3n) is 3.20. The molecule has 0 heterocycles. The average Bonchev–Trinajstić information content (AvgIpc) is 2.59. The first-order valence-corrected chi connectivity index (χ1v) is 6.84. The van der Waals surface area contributed by atoms with Gasteiger partial charge in [-0.1, -0.05) is 0 Å². The number of halogens is 1. The van der Waals surface area contributed by atoms with Crippen LogP contribution >= 0.6 is 0 Å². The second-order valence-electron chi connectivity index (χ2n) is 4.74. The first kappa shape index (κ1) is 17.1. The standard InChI is InChI=1S/C16H13FN2O5/c1-18-14-7-6-12(19(22)23)8-13(14)16(21)24-9-15(20)10-2-4-11(17)5-3-10/h2-8,18H,9H2,1H3. The fourth-order valence-corrected chi connectivity index (χ4v) is 1.96. The Morgan fingerprint density at radius 2 is 1.88 bits per heavy atom. The fraction of sp³-hybridized carbons (Fsp3) is 0.125. The zero-order valence-electron chi connectivity index (χ0n) is 12.6.